The van der Waals surface area contributed by atoms with Crippen LogP contribution >= 0.6 is 0 Å². The molecule has 0 bridgehead atoms. The molecule has 0 radical (unpaired) electrons. The van der Waals surface area contributed by atoms with E-state index in [0.717, 1.165) is 69.9 Å². The van der Waals surface area contributed by atoms with E-state index in [0.29, 0.717) is 59.2 Å². The quantitative estimate of drug-likeness (QED) is 0.310. The molecule has 0 aromatic carbocycles. The first-order valence-electron chi connectivity index (χ1n) is 17.0. The fourth-order valence-electron chi connectivity index (χ4n) is 7.85. The summed E-state index contributed by atoms with van der Waals surface area (Å²) in [6.45, 7) is 8.63. The molecule has 2 N–H and O–H groups in total. The van der Waals surface area contributed by atoms with Gasteiger partial charge in [-0.2, -0.15) is 0 Å². The molecule has 2 fully saturated rings. The van der Waals surface area contributed by atoms with Crippen LogP contribution in [0.25, 0.3) is 11.1 Å². The molecule has 1 atom stereocenters. The molecule has 8 rings (SSSR count). The number of aliphatic hydroxyl groups excluding tert-OH is 1. The van der Waals surface area contributed by atoms with E-state index in [2.05, 4.69) is 42.6 Å². The normalized spacial score (nSPS) is 20.0. The predicted octanol–water partition coefficient (Wildman–Crippen LogP) is 3.50. The largest absolute Gasteiger partial charge is 0.392 e. The number of rotatable bonds is 7. The maximum Gasteiger partial charge on any atom is 0.276 e. The number of pyridine rings is 3. The van der Waals surface area contributed by atoms with Gasteiger partial charge in [0.2, 0.25) is 0 Å². The molecule has 4 aromatic heterocycles. The van der Waals surface area contributed by atoms with Gasteiger partial charge < -0.3 is 29.2 Å². The molecule has 4 aromatic rings. The van der Waals surface area contributed by atoms with Gasteiger partial charge in [0.25, 0.3) is 11.5 Å². The molecule has 1 aliphatic carbocycles. The van der Waals surface area contributed by atoms with Crippen LogP contribution in [0.5, 0.6) is 0 Å². The Hall–Kier alpha value is -4.52. The summed E-state index contributed by atoms with van der Waals surface area (Å²) in [5, 5.41) is 13.9. The number of nitrogens with one attached hydrogen (secondary N) is 1. The second-order valence-electron chi connectivity index (χ2n) is 13.5. The number of carbonyl (C=O) groups excluding carboxylic acids is 1. The Balaban J connectivity index is 1.04. The third kappa shape index (κ3) is 5.37. The lowest BCUT2D eigenvalue weighted by Crippen LogP contribution is -2.56. The number of aromatic nitrogens is 4. The molecule has 12 heteroatoms. The van der Waals surface area contributed by atoms with Crippen molar-refractivity contribution in [1.82, 2.24) is 24.0 Å². The smallest absolute Gasteiger partial charge is 0.276 e. The Morgan fingerprint density at radius 2 is 1.85 bits per heavy atom. The van der Waals surface area contributed by atoms with E-state index < -0.39 is 0 Å². The van der Waals surface area contributed by atoms with E-state index in [1.165, 1.54) is 15.8 Å². The van der Waals surface area contributed by atoms with Crippen LogP contribution in [0.15, 0.2) is 53.7 Å². The number of hydrogen-bond donors (Lipinski definition) is 2. The van der Waals surface area contributed by atoms with E-state index in [1.807, 2.05) is 24.4 Å². The first-order valence-corrected chi connectivity index (χ1v) is 17.0. The summed E-state index contributed by atoms with van der Waals surface area (Å²) >= 11 is 0. The molecule has 48 heavy (non-hydrogen) atoms. The highest BCUT2D eigenvalue weighted by atomic mass is 16.5. The van der Waals surface area contributed by atoms with Crippen molar-refractivity contribution in [3.05, 3.63) is 81.8 Å². The van der Waals surface area contributed by atoms with Crippen LogP contribution in [0.3, 0.4) is 0 Å². The van der Waals surface area contributed by atoms with Gasteiger partial charge in [-0.25, -0.2) is 9.97 Å². The molecule has 0 saturated carbocycles. The zero-order valence-corrected chi connectivity index (χ0v) is 27.6. The topological polar surface area (TPSA) is 121 Å². The number of fused-ring (bicyclic) bond motifs is 3. The van der Waals surface area contributed by atoms with Crippen LogP contribution in [0.2, 0.25) is 0 Å². The van der Waals surface area contributed by atoms with Gasteiger partial charge in [-0.1, -0.05) is 6.92 Å². The lowest BCUT2D eigenvalue weighted by molar-refractivity contribution is -0.0660. The monoisotopic (exact) mass is 650 g/mol. The fraction of sp³-hybridized carbons (Fsp3) is 0.444. The highest BCUT2D eigenvalue weighted by Gasteiger charge is 2.34. The zero-order chi connectivity index (χ0) is 32.9. The summed E-state index contributed by atoms with van der Waals surface area (Å²) < 4.78 is 9.07. The molecule has 12 nitrogen and oxygen atoms in total. The standard InChI is InChI=1S/C36H42N8O4/c1-23-4-3-5-24-17-31-36(47)44(15-14-43(31)33(23)24)34-29(20-45)28(8-9-37-34)25-16-30(35(46)40(2)19-25)39-32-7-6-26(18-38-32)41-10-12-42(13-11-41)27-21-48-22-27/h6-9,16-19,23,27,45H,3-5,10-15,20-22H2,1-2H3,(H,38,39)/t23-/m0/s1. The molecular formula is C36H42N8O4. The summed E-state index contributed by atoms with van der Waals surface area (Å²) in [6, 6.07) is 10.1. The van der Waals surface area contributed by atoms with Crippen molar-refractivity contribution in [2.45, 2.75) is 51.3 Å². The molecule has 2 saturated heterocycles. The van der Waals surface area contributed by atoms with Crippen LogP contribution in [-0.2, 0) is 31.4 Å². The van der Waals surface area contributed by atoms with E-state index in [9.17, 15) is 14.7 Å². The number of amides is 1. The molecular weight excluding hydrogens is 608 g/mol. The van der Waals surface area contributed by atoms with Gasteiger partial charge in [0, 0.05) is 75.5 Å². The molecule has 3 aliphatic heterocycles. The second-order valence-corrected chi connectivity index (χ2v) is 13.5. The van der Waals surface area contributed by atoms with E-state index in [-0.39, 0.29) is 18.1 Å². The van der Waals surface area contributed by atoms with Gasteiger partial charge in [-0.3, -0.25) is 19.4 Å². The second kappa shape index (κ2) is 12.5. The minimum atomic E-state index is -0.311. The molecule has 0 spiro atoms. The predicted molar refractivity (Wildman–Crippen MR) is 184 cm³/mol. The van der Waals surface area contributed by atoms with E-state index in [1.54, 1.807) is 30.4 Å². The van der Waals surface area contributed by atoms with Crippen LogP contribution < -0.4 is 20.7 Å². The summed E-state index contributed by atoms with van der Waals surface area (Å²) in [5.74, 6) is 1.34. The Morgan fingerprint density at radius 3 is 2.58 bits per heavy atom. The summed E-state index contributed by atoms with van der Waals surface area (Å²) in [7, 11) is 1.70. The molecule has 1 amide bonds. The number of aliphatic hydroxyl groups is 1. The average molecular weight is 651 g/mol. The maximum atomic E-state index is 13.9. The Labute approximate surface area is 279 Å². The van der Waals surface area contributed by atoms with Gasteiger partial charge in [0.05, 0.1) is 37.7 Å². The van der Waals surface area contributed by atoms with Gasteiger partial charge in [-0.05, 0) is 66.6 Å². The summed E-state index contributed by atoms with van der Waals surface area (Å²) in [6.07, 6.45) is 8.53. The lowest BCUT2D eigenvalue weighted by Gasteiger charge is -2.43. The maximum absolute atomic E-state index is 13.9. The Bertz CT molecular complexity index is 1910. The van der Waals surface area contributed by atoms with Crippen molar-refractivity contribution in [2.75, 3.05) is 61.1 Å². The number of anilines is 4. The fourth-order valence-corrected chi connectivity index (χ4v) is 7.85. The van der Waals surface area contributed by atoms with E-state index >= 15 is 0 Å². The number of nitrogens with zero attached hydrogens (tertiary/aromatic N) is 7. The Morgan fingerprint density at radius 1 is 1.02 bits per heavy atom. The SMILES string of the molecule is C[C@H]1CCCc2cc3n(c21)CCN(c1nccc(-c2cc(Nc4ccc(N5CCN(C6COC6)CC5)cn4)c(=O)n(C)c2)c1CO)C3=O. The first-order chi connectivity index (χ1) is 23.4. The molecule has 7 heterocycles. The number of piperazine rings is 1. The van der Waals surface area contributed by atoms with Crippen molar-refractivity contribution >= 4 is 28.9 Å². The summed E-state index contributed by atoms with van der Waals surface area (Å²) in [4.78, 5) is 42.9. The average Bonchev–Trinajstić information content (AvgIpc) is 3.47. The molecule has 250 valence electrons. The van der Waals surface area contributed by atoms with Crippen molar-refractivity contribution in [3.63, 3.8) is 0 Å². The molecule has 4 aliphatic rings. The van der Waals surface area contributed by atoms with Gasteiger partial charge >= 0.3 is 0 Å². The minimum Gasteiger partial charge on any atom is -0.392 e. The van der Waals surface area contributed by atoms with Crippen LogP contribution in [0.4, 0.5) is 23.0 Å². The van der Waals surface area contributed by atoms with Gasteiger partial charge in [-0.15, -0.1) is 0 Å². The molecule has 0 unspecified atom stereocenters. The summed E-state index contributed by atoms with van der Waals surface area (Å²) in [5.41, 5.74) is 6.43. The van der Waals surface area contributed by atoms with Gasteiger partial charge in [0.1, 0.15) is 23.0 Å². The third-order valence-corrected chi connectivity index (χ3v) is 10.6. The van der Waals surface area contributed by atoms with Gasteiger partial charge in [0.15, 0.2) is 0 Å². The number of carbonyl (C=O) groups is 1. The zero-order valence-electron chi connectivity index (χ0n) is 27.6. The number of ether oxygens (including phenoxy) is 1. The van der Waals surface area contributed by atoms with Crippen molar-refractivity contribution in [1.29, 1.82) is 0 Å². The Kier molecular flexibility index (Phi) is 8.02. The van der Waals surface area contributed by atoms with E-state index in [4.69, 9.17) is 4.74 Å². The number of aryl methyl sites for hydroxylation is 2. The highest BCUT2D eigenvalue weighted by Crippen LogP contribution is 2.37. The van der Waals surface area contributed by atoms with Crippen LogP contribution in [0, 0.1) is 0 Å². The lowest BCUT2D eigenvalue weighted by atomic mass is 9.89. The van der Waals surface area contributed by atoms with Crippen molar-refractivity contribution in [2.24, 2.45) is 7.05 Å². The minimum absolute atomic E-state index is 0.102. The van der Waals surface area contributed by atoms with Crippen molar-refractivity contribution < 1.29 is 14.6 Å². The number of hydrogen-bond acceptors (Lipinski definition) is 9. The van der Waals surface area contributed by atoms with Crippen molar-refractivity contribution in [3.8, 4) is 11.1 Å². The third-order valence-electron chi connectivity index (χ3n) is 10.6. The van der Waals surface area contributed by atoms with Crippen LogP contribution in [-0.4, -0.2) is 87.0 Å². The van der Waals surface area contributed by atoms with Crippen LogP contribution in [0.1, 0.15) is 53.0 Å². The first kappa shape index (κ1) is 30.8. The highest BCUT2D eigenvalue weighted by molar-refractivity contribution is 6.06.